The highest BCUT2D eigenvalue weighted by Gasteiger charge is 2.23. The zero-order chi connectivity index (χ0) is 13.7. The largest absolute Gasteiger partial charge is 0.394 e. The molecule has 0 aromatic heterocycles. The molecule has 0 aliphatic rings. The van der Waals surface area contributed by atoms with Crippen LogP contribution in [0.3, 0.4) is 0 Å². The van der Waals surface area contributed by atoms with E-state index in [4.69, 9.17) is 10.2 Å². The molecular formula is C13H16O5. The van der Waals surface area contributed by atoms with Crippen molar-refractivity contribution in [2.45, 2.75) is 25.6 Å². The molecule has 5 heteroatoms. The van der Waals surface area contributed by atoms with Crippen molar-refractivity contribution in [2.24, 2.45) is 0 Å². The lowest BCUT2D eigenvalue weighted by atomic mass is 10.0. The highest BCUT2D eigenvalue weighted by atomic mass is 16.4. The van der Waals surface area contributed by atoms with E-state index in [1.165, 1.54) is 12.1 Å². The van der Waals surface area contributed by atoms with E-state index in [2.05, 4.69) is 0 Å². The van der Waals surface area contributed by atoms with Crippen LogP contribution in [0, 0.1) is 6.92 Å². The van der Waals surface area contributed by atoms with Crippen molar-refractivity contribution in [2.75, 3.05) is 6.61 Å². The molecule has 3 N–H and O–H groups in total. The van der Waals surface area contributed by atoms with Gasteiger partial charge in [0.15, 0.2) is 0 Å². The number of hydrogen-bond acceptors (Lipinski definition) is 5. The summed E-state index contributed by atoms with van der Waals surface area (Å²) in [5.74, 6) is -1.50. The maximum Gasteiger partial charge on any atom is 0.228 e. The molecule has 0 spiro atoms. The van der Waals surface area contributed by atoms with Crippen LogP contribution in [-0.4, -0.2) is 45.7 Å². The van der Waals surface area contributed by atoms with Crippen LogP contribution in [0.2, 0.25) is 0 Å². The Balaban J connectivity index is 2.67. The minimum absolute atomic E-state index is 0.247. The molecule has 18 heavy (non-hydrogen) atoms. The standard InChI is InChI=1S/C13H16O5/c1-8-2-4-9(5-3-8)13(18)11(16)6-10(15)12(17)7-14/h2-5,10,12,14-15,17H,6-7H2,1H3. The molecule has 0 saturated carbocycles. The summed E-state index contributed by atoms with van der Waals surface area (Å²) in [7, 11) is 0. The number of carbonyl (C=O) groups excluding carboxylic acids is 2. The molecule has 2 unspecified atom stereocenters. The molecule has 1 rings (SSSR count). The Morgan fingerprint density at radius 3 is 2.17 bits per heavy atom. The fourth-order valence-electron chi connectivity index (χ4n) is 1.41. The fraction of sp³-hybridized carbons (Fsp3) is 0.385. The second-order valence-corrected chi connectivity index (χ2v) is 4.14. The van der Waals surface area contributed by atoms with Gasteiger partial charge in [0.05, 0.1) is 12.7 Å². The summed E-state index contributed by atoms with van der Waals surface area (Å²) in [6.45, 7) is 1.20. The van der Waals surface area contributed by atoms with Crippen molar-refractivity contribution in [1.29, 1.82) is 0 Å². The first-order chi connectivity index (χ1) is 8.45. The molecular weight excluding hydrogens is 236 g/mol. The highest BCUT2D eigenvalue weighted by Crippen LogP contribution is 2.08. The van der Waals surface area contributed by atoms with E-state index < -0.39 is 36.8 Å². The molecule has 0 saturated heterocycles. The van der Waals surface area contributed by atoms with Gasteiger partial charge in [-0.15, -0.1) is 0 Å². The van der Waals surface area contributed by atoms with Gasteiger partial charge in [-0.2, -0.15) is 0 Å². The summed E-state index contributed by atoms with van der Waals surface area (Å²) in [6.07, 6.45) is -3.36. The van der Waals surface area contributed by atoms with E-state index in [1.807, 2.05) is 6.92 Å². The number of benzene rings is 1. The maximum absolute atomic E-state index is 11.7. The van der Waals surface area contributed by atoms with E-state index in [0.29, 0.717) is 0 Å². The molecule has 0 aliphatic carbocycles. The Morgan fingerprint density at radius 1 is 1.11 bits per heavy atom. The number of aliphatic hydroxyl groups is 3. The van der Waals surface area contributed by atoms with E-state index in [9.17, 15) is 14.7 Å². The SMILES string of the molecule is Cc1ccc(C(=O)C(=O)CC(O)C(O)CO)cc1. The smallest absolute Gasteiger partial charge is 0.228 e. The van der Waals surface area contributed by atoms with Gasteiger partial charge in [0.2, 0.25) is 11.6 Å². The van der Waals surface area contributed by atoms with Crippen LogP contribution >= 0.6 is 0 Å². The van der Waals surface area contributed by atoms with Gasteiger partial charge in [-0.3, -0.25) is 9.59 Å². The third-order valence-electron chi connectivity index (χ3n) is 2.59. The van der Waals surface area contributed by atoms with Crippen molar-refractivity contribution < 1.29 is 24.9 Å². The van der Waals surface area contributed by atoms with E-state index in [0.717, 1.165) is 5.56 Å². The van der Waals surface area contributed by atoms with Crippen LogP contribution < -0.4 is 0 Å². The van der Waals surface area contributed by atoms with Crippen LogP contribution in [0.15, 0.2) is 24.3 Å². The summed E-state index contributed by atoms with van der Waals surface area (Å²) in [5, 5.41) is 27.0. The van der Waals surface area contributed by atoms with Gasteiger partial charge < -0.3 is 15.3 Å². The van der Waals surface area contributed by atoms with Gasteiger partial charge in [-0.05, 0) is 6.92 Å². The Morgan fingerprint density at radius 2 is 1.67 bits per heavy atom. The molecule has 0 fully saturated rings. The van der Waals surface area contributed by atoms with Crippen molar-refractivity contribution in [3.05, 3.63) is 35.4 Å². The van der Waals surface area contributed by atoms with Crippen LogP contribution in [0.25, 0.3) is 0 Å². The normalized spacial score (nSPS) is 14.0. The van der Waals surface area contributed by atoms with Crippen LogP contribution in [-0.2, 0) is 4.79 Å². The zero-order valence-corrected chi connectivity index (χ0v) is 10.0. The molecule has 0 aliphatic heterocycles. The van der Waals surface area contributed by atoms with Gasteiger partial charge in [0, 0.05) is 12.0 Å². The highest BCUT2D eigenvalue weighted by molar-refractivity contribution is 6.43. The van der Waals surface area contributed by atoms with E-state index >= 15 is 0 Å². The second-order valence-electron chi connectivity index (χ2n) is 4.14. The van der Waals surface area contributed by atoms with Crippen molar-refractivity contribution >= 4 is 11.6 Å². The fourth-order valence-corrected chi connectivity index (χ4v) is 1.41. The molecule has 1 aromatic carbocycles. The molecule has 0 bridgehead atoms. The minimum Gasteiger partial charge on any atom is -0.394 e. The van der Waals surface area contributed by atoms with Gasteiger partial charge in [-0.25, -0.2) is 0 Å². The summed E-state index contributed by atoms with van der Waals surface area (Å²) < 4.78 is 0. The monoisotopic (exact) mass is 252 g/mol. The van der Waals surface area contributed by atoms with Crippen LogP contribution in [0.1, 0.15) is 22.3 Å². The first-order valence-corrected chi connectivity index (χ1v) is 5.57. The Hall–Kier alpha value is -1.56. The van der Waals surface area contributed by atoms with Gasteiger partial charge in [0.25, 0.3) is 0 Å². The summed E-state index contributed by atoms with van der Waals surface area (Å²) >= 11 is 0. The predicted molar refractivity (Wildman–Crippen MR) is 64.2 cm³/mol. The number of hydrogen-bond donors (Lipinski definition) is 3. The lowest BCUT2D eigenvalue weighted by molar-refractivity contribution is -0.119. The van der Waals surface area contributed by atoms with E-state index in [-0.39, 0.29) is 5.56 Å². The molecule has 0 amide bonds. The molecule has 0 heterocycles. The summed E-state index contributed by atoms with van der Waals surface area (Å²) in [4.78, 5) is 23.3. The lowest BCUT2D eigenvalue weighted by Gasteiger charge is -2.13. The first-order valence-electron chi connectivity index (χ1n) is 5.57. The first kappa shape index (κ1) is 14.5. The van der Waals surface area contributed by atoms with Crippen LogP contribution in [0.5, 0.6) is 0 Å². The molecule has 98 valence electrons. The molecule has 5 nitrogen and oxygen atoms in total. The van der Waals surface area contributed by atoms with Crippen molar-refractivity contribution in [3.63, 3.8) is 0 Å². The lowest BCUT2D eigenvalue weighted by Crippen LogP contribution is -2.33. The Bertz CT molecular complexity index is 424. The minimum atomic E-state index is -1.43. The average molecular weight is 252 g/mol. The molecule has 2 atom stereocenters. The predicted octanol–water partition coefficient (Wildman–Crippen LogP) is -0.149. The molecule has 0 radical (unpaired) electrons. The number of carbonyl (C=O) groups is 2. The zero-order valence-electron chi connectivity index (χ0n) is 10.0. The second kappa shape index (κ2) is 6.39. The third-order valence-corrected chi connectivity index (χ3v) is 2.59. The summed E-state index contributed by atoms with van der Waals surface area (Å²) in [6, 6.07) is 6.48. The number of rotatable bonds is 6. The third kappa shape index (κ3) is 3.73. The van der Waals surface area contributed by atoms with Gasteiger partial charge in [-0.1, -0.05) is 29.8 Å². The Labute approximate surface area is 105 Å². The van der Waals surface area contributed by atoms with Crippen molar-refractivity contribution in [1.82, 2.24) is 0 Å². The molecule has 1 aromatic rings. The topological polar surface area (TPSA) is 94.8 Å². The average Bonchev–Trinajstić information content (AvgIpc) is 2.37. The number of aryl methyl sites for hydroxylation is 1. The quantitative estimate of drug-likeness (QED) is 0.483. The number of aliphatic hydroxyl groups excluding tert-OH is 3. The van der Waals surface area contributed by atoms with Crippen LogP contribution in [0.4, 0.5) is 0 Å². The van der Waals surface area contributed by atoms with Gasteiger partial charge >= 0.3 is 0 Å². The van der Waals surface area contributed by atoms with E-state index in [1.54, 1.807) is 12.1 Å². The summed E-state index contributed by atoms with van der Waals surface area (Å²) in [5.41, 5.74) is 1.21. The van der Waals surface area contributed by atoms with Crippen molar-refractivity contribution in [3.8, 4) is 0 Å². The maximum atomic E-state index is 11.7. The number of Topliss-reactive ketones (excluding diaryl/α,β-unsaturated/α-hetero) is 2. The van der Waals surface area contributed by atoms with Gasteiger partial charge in [0.1, 0.15) is 6.10 Å². The Kier molecular flexibility index (Phi) is 5.15. The number of ketones is 2.